The molecule has 0 unspecified atom stereocenters. The smallest absolute Gasteiger partial charge is 0.112 e. The molecule has 0 aromatic carbocycles. The Balaban J connectivity index is 2.12. The highest BCUT2D eigenvalue weighted by atomic mass is 14.9. The summed E-state index contributed by atoms with van der Waals surface area (Å²) in [6.07, 6.45) is 9.44. The molecule has 3 nitrogen and oxygen atoms in total. The number of hydrogen-bond acceptors (Lipinski definition) is 2. The van der Waals surface area contributed by atoms with Crippen molar-refractivity contribution < 1.29 is 0 Å². The number of nitrogens with zero attached hydrogens (tertiary/aromatic N) is 1. The summed E-state index contributed by atoms with van der Waals surface area (Å²) in [6, 6.07) is 0. The number of imidazole rings is 1. The van der Waals surface area contributed by atoms with Crippen LogP contribution in [0.15, 0.2) is 6.20 Å². The number of nitrogens with one attached hydrogen (secondary N) is 1. The number of aromatic nitrogens is 2. The number of hydrogen-bond donors (Lipinski definition) is 2. The average Bonchev–Trinajstić information content (AvgIpc) is 2.69. The summed E-state index contributed by atoms with van der Waals surface area (Å²) in [7, 11) is 0. The quantitative estimate of drug-likeness (QED) is 0.797. The van der Waals surface area contributed by atoms with Gasteiger partial charge in [-0.1, -0.05) is 26.2 Å². The summed E-state index contributed by atoms with van der Waals surface area (Å²) in [5.74, 6) is 1.17. The molecule has 0 atom stereocenters. The Morgan fingerprint density at radius 1 is 1.40 bits per heavy atom. The first-order valence-electron chi connectivity index (χ1n) is 5.99. The first-order chi connectivity index (χ1) is 7.24. The topological polar surface area (TPSA) is 54.7 Å². The lowest BCUT2D eigenvalue weighted by Crippen LogP contribution is -2.26. The Morgan fingerprint density at radius 3 is 2.80 bits per heavy atom. The van der Waals surface area contributed by atoms with E-state index >= 15 is 0 Å². The van der Waals surface area contributed by atoms with Crippen LogP contribution in [-0.2, 0) is 11.8 Å². The molecule has 1 aromatic rings. The predicted molar refractivity (Wildman–Crippen MR) is 61.8 cm³/mol. The predicted octanol–water partition coefficient (Wildman–Crippen LogP) is 2.13. The van der Waals surface area contributed by atoms with Crippen molar-refractivity contribution >= 4 is 0 Å². The standard InChI is InChI=1S/C12H21N3/c1-12(6-3-2-4-7-12)11-14-9-10(15-11)5-8-13/h9H,2-8,13H2,1H3,(H,14,15). The molecule has 0 aliphatic heterocycles. The summed E-state index contributed by atoms with van der Waals surface area (Å²) in [5, 5.41) is 0. The van der Waals surface area contributed by atoms with Crippen LogP contribution in [0.5, 0.6) is 0 Å². The van der Waals surface area contributed by atoms with Gasteiger partial charge in [0, 0.05) is 23.7 Å². The van der Waals surface area contributed by atoms with E-state index in [-0.39, 0.29) is 5.41 Å². The summed E-state index contributed by atoms with van der Waals surface area (Å²) in [4.78, 5) is 7.95. The third-order valence-electron chi connectivity index (χ3n) is 3.57. The van der Waals surface area contributed by atoms with Gasteiger partial charge in [-0.3, -0.25) is 0 Å². The summed E-state index contributed by atoms with van der Waals surface area (Å²) in [5.41, 5.74) is 7.00. The Hall–Kier alpha value is -0.830. The van der Waals surface area contributed by atoms with Crippen LogP contribution in [0.25, 0.3) is 0 Å². The van der Waals surface area contributed by atoms with Gasteiger partial charge < -0.3 is 10.7 Å². The fourth-order valence-electron chi connectivity index (χ4n) is 2.52. The minimum atomic E-state index is 0.283. The molecule has 1 heterocycles. The van der Waals surface area contributed by atoms with Crippen LogP contribution in [0, 0.1) is 0 Å². The normalized spacial score (nSPS) is 20.4. The van der Waals surface area contributed by atoms with Crippen molar-refractivity contribution in [2.45, 2.75) is 50.9 Å². The van der Waals surface area contributed by atoms with Gasteiger partial charge in [0.1, 0.15) is 5.82 Å². The van der Waals surface area contributed by atoms with Crippen LogP contribution < -0.4 is 5.73 Å². The number of nitrogens with two attached hydrogens (primary N) is 1. The highest BCUT2D eigenvalue weighted by Gasteiger charge is 2.31. The van der Waals surface area contributed by atoms with Gasteiger partial charge in [0.25, 0.3) is 0 Å². The van der Waals surface area contributed by atoms with E-state index in [0.29, 0.717) is 6.54 Å². The van der Waals surface area contributed by atoms with Crippen molar-refractivity contribution in [1.29, 1.82) is 0 Å². The maximum absolute atomic E-state index is 5.53. The van der Waals surface area contributed by atoms with Crippen molar-refractivity contribution in [2.75, 3.05) is 6.54 Å². The highest BCUT2D eigenvalue weighted by Crippen LogP contribution is 2.37. The molecule has 0 saturated heterocycles. The molecule has 3 heteroatoms. The van der Waals surface area contributed by atoms with Gasteiger partial charge in [0.2, 0.25) is 0 Å². The monoisotopic (exact) mass is 207 g/mol. The Kier molecular flexibility index (Phi) is 3.10. The Morgan fingerprint density at radius 2 is 2.13 bits per heavy atom. The van der Waals surface area contributed by atoms with E-state index in [2.05, 4.69) is 16.9 Å². The third-order valence-corrected chi connectivity index (χ3v) is 3.57. The van der Waals surface area contributed by atoms with Crippen molar-refractivity contribution in [1.82, 2.24) is 9.97 Å². The van der Waals surface area contributed by atoms with E-state index in [4.69, 9.17) is 5.73 Å². The fraction of sp³-hybridized carbons (Fsp3) is 0.750. The van der Waals surface area contributed by atoms with Gasteiger partial charge >= 0.3 is 0 Å². The second-order valence-corrected chi connectivity index (χ2v) is 4.92. The van der Waals surface area contributed by atoms with E-state index < -0.39 is 0 Å². The largest absolute Gasteiger partial charge is 0.345 e. The molecule has 1 aliphatic rings. The zero-order chi connectivity index (χ0) is 10.7. The van der Waals surface area contributed by atoms with Crippen molar-refractivity contribution in [3.63, 3.8) is 0 Å². The van der Waals surface area contributed by atoms with Gasteiger partial charge in [0.15, 0.2) is 0 Å². The Bertz CT molecular complexity index is 310. The van der Waals surface area contributed by atoms with Crippen LogP contribution in [0.1, 0.15) is 50.5 Å². The van der Waals surface area contributed by atoms with Crippen molar-refractivity contribution in [3.05, 3.63) is 17.7 Å². The van der Waals surface area contributed by atoms with Gasteiger partial charge in [-0.15, -0.1) is 0 Å². The van der Waals surface area contributed by atoms with Crippen LogP contribution in [0.2, 0.25) is 0 Å². The van der Waals surface area contributed by atoms with Crippen molar-refractivity contribution in [3.8, 4) is 0 Å². The molecule has 0 radical (unpaired) electrons. The molecule has 2 rings (SSSR count). The molecule has 0 bridgehead atoms. The summed E-state index contributed by atoms with van der Waals surface area (Å²) < 4.78 is 0. The minimum Gasteiger partial charge on any atom is -0.345 e. The van der Waals surface area contributed by atoms with Gasteiger partial charge in [-0.05, 0) is 19.4 Å². The fourth-order valence-corrected chi connectivity index (χ4v) is 2.52. The van der Waals surface area contributed by atoms with Crippen LogP contribution in [-0.4, -0.2) is 16.5 Å². The summed E-state index contributed by atoms with van der Waals surface area (Å²) in [6.45, 7) is 3.02. The van der Waals surface area contributed by atoms with Gasteiger partial charge in [-0.2, -0.15) is 0 Å². The van der Waals surface area contributed by atoms with Crippen molar-refractivity contribution in [2.24, 2.45) is 5.73 Å². The maximum atomic E-state index is 5.53. The van der Waals surface area contributed by atoms with E-state index in [9.17, 15) is 0 Å². The lowest BCUT2D eigenvalue weighted by atomic mass is 9.75. The average molecular weight is 207 g/mol. The molecule has 1 fully saturated rings. The molecule has 1 saturated carbocycles. The molecule has 84 valence electrons. The van der Waals surface area contributed by atoms with Crippen LogP contribution >= 0.6 is 0 Å². The van der Waals surface area contributed by atoms with Crippen LogP contribution in [0.4, 0.5) is 0 Å². The zero-order valence-electron chi connectivity index (χ0n) is 9.55. The van der Waals surface area contributed by atoms with E-state index in [0.717, 1.165) is 6.42 Å². The first kappa shape index (κ1) is 10.7. The molecule has 0 spiro atoms. The zero-order valence-corrected chi connectivity index (χ0v) is 9.55. The lowest BCUT2D eigenvalue weighted by Gasteiger charge is -2.31. The molecular weight excluding hydrogens is 186 g/mol. The Labute approximate surface area is 91.5 Å². The SMILES string of the molecule is CC1(c2ncc(CCN)[nH]2)CCCCC1. The first-order valence-corrected chi connectivity index (χ1v) is 5.99. The highest BCUT2D eigenvalue weighted by molar-refractivity contribution is 5.12. The molecule has 3 N–H and O–H groups in total. The molecule has 1 aliphatic carbocycles. The second kappa shape index (κ2) is 4.35. The number of H-pyrrole nitrogens is 1. The second-order valence-electron chi connectivity index (χ2n) is 4.92. The van der Waals surface area contributed by atoms with E-state index in [1.165, 1.54) is 43.6 Å². The van der Waals surface area contributed by atoms with E-state index in [1.54, 1.807) is 0 Å². The van der Waals surface area contributed by atoms with Crippen LogP contribution in [0.3, 0.4) is 0 Å². The number of rotatable bonds is 3. The molecular formula is C12H21N3. The number of aromatic amines is 1. The minimum absolute atomic E-state index is 0.283. The lowest BCUT2D eigenvalue weighted by molar-refractivity contribution is 0.305. The molecule has 0 amide bonds. The van der Waals surface area contributed by atoms with Gasteiger partial charge in [0.05, 0.1) is 0 Å². The summed E-state index contributed by atoms with van der Waals surface area (Å²) >= 11 is 0. The van der Waals surface area contributed by atoms with Gasteiger partial charge in [-0.25, -0.2) is 4.98 Å². The maximum Gasteiger partial charge on any atom is 0.112 e. The molecule has 15 heavy (non-hydrogen) atoms. The van der Waals surface area contributed by atoms with E-state index in [1.807, 2.05) is 6.20 Å². The molecule has 1 aromatic heterocycles. The third kappa shape index (κ3) is 2.23.